The second-order valence-corrected chi connectivity index (χ2v) is 9.18. The molecule has 3 N–H and O–H groups in total. The molecule has 0 bridgehead atoms. The number of carboxylic acids is 1. The molecule has 0 aliphatic carbocycles. The van der Waals surface area contributed by atoms with Crippen LogP contribution in [-0.2, 0) is 0 Å². The van der Waals surface area contributed by atoms with E-state index in [4.69, 9.17) is 0 Å². The summed E-state index contributed by atoms with van der Waals surface area (Å²) in [5.74, 6) is -1.70. The van der Waals surface area contributed by atoms with Gasteiger partial charge in [-0.3, -0.25) is 25.2 Å². The van der Waals surface area contributed by atoms with Crippen LogP contribution in [0.1, 0.15) is 33.2 Å². The van der Waals surface area contributed by atoms with Crippen LogP contribution in [0, 0.1) is 31.6 Å². The van der Waals surface area contributed by atoms with E-state index in [-0.39, 0.29) is 40.8 Å². The SMILES string of the molecule is N#Cc1ccc(-c2nc(NCC(c3ccc([N+](=O)[O-])cn3)c3ccc[nH]3)nc(-c3ccc([N+](=O)[O-])cc3)c2C(=O)O)cc1. The van der Waals surface area contributed by atoms with Crippen LogP contribution < -0.4 is 5.32 Å². The van der Waals surface area contributed by atoms with Crippen LogP contribution in [0.2, 0.25) is 0 Å². The molecule has 1 atom stereocenters. The third-order valence-corrected chi connectivity index (χ3v) is 6.56. The Labute approximate surface area is 242 Å². The molecular formula is C29H20N8O6. The van der Waals surface area contributed by atoms with E-state index in [1.807, 2.05) is 12.1 Å². The molecule has 14 nitrogen and oxygen atoms in total. The average molecular weight is 577 g/mol. The molecule has 1 unspecified atom stereocenters. The molecule has 0 fully saturated rings. The lowest BCUT2D eigenvalue weighted by atomic mass is 9.99. The molecule has 0 aliphatic rings. The van der Waals surface area contributed by atoms with Gasteiger partial charge in [-0.1, -0.05) is 12.1 Å². The van der Waals surface area contributed by atoms with Gasteiger partial charge in [0, 0.05) is 47.8 Å². The van der Waals surface area contributed by atoms with Crippen molar-refractivity contribution in [2.24, 2.45) is 0 Å². The van der Waals surface area contributed by atoms with E-state index in [1.54, 1.807) is 30.5 Å². The number of hydrogen-bond acceptors (Lipinski definition) is 10. The fourth-order valence-corrected chi connectivity index (χ4v) is 4.44. The molecule has 0 spiro atoms. The molecule has 14 heteroatoms. The van der Waals surface area contributed by atoms with E-state index in [9.17, 15) is 35.4 Å². The van der Waals surface area contributed by atoms with Crippen LogP contribution in [0.4, 0.5) is 17.3 Å². The van der Waals surface area contributed by atoms with Crippen molar-refractivity contribution in [2.45, 2.75) is 5.92 Å². The van der Waals surface area contributed by atoms with Crippen LogP contribution in [-0.4, -0.2) is 47.4 Å². The van der Waals surface area contributed by atoms with E-state index in [2.05, 4.69) is 25.3 Å². The summed E-state index contributed by atoms with van der Waals surface area (Å²) in [7, 11) is 0. The van der Waals surface area contributed by atoms with Crippen molar-refractivity contribution in [1.82, 2.24) is 19.9 Å². The van der Waals surface area contributed by atoms with Gasteiger partial charge in [0.25, 0.3) is 11.4 Å². The van der Waals surface area contributed by atoms with Gasteiger partial charge in [0.2, 0.25) is 5.95 Å². The number of carbonyl (C=O) groups is 1. The molecule has 0 amide bonds. The van der Waals surface area contributed by atoms with E-state index in [0.29, 0.717) is 22.4 Å². The molecular weight excluding hydrogens is 556 g/mol. The van der Waals surface area contributed by atoms with Crippen molar-refractivity contribution in [3.63, 3.8) is 0 Å². The number of nitrogens with one attached hydrogen (secondary N) is 2. The summed E-state index contributed by atoms with van der Waals surface area (Å²) in [6.45, 7) is 0.157. The lowest BCUT2D eigenvalue weighted by Gasteiger charge is -2.18. The third kappa shape index (κ3) is 6.00. The lowest BCUT2D eigenvalue weighted by Crippen LogP contribution is -2.18. The number of nitriles is 1. The smallest absolute Gasteiger partial charge is 0.340 e. The molecule has 5 rings (SSSR count). The van der Waals surface area contributed by atoms with Gasteiger partial charge in [-0.2, -0.15) is 5.26 Å². The number of carboxylic acid groups (broad SMARTS) is 1. The van der Waals surface area contributed by atoms with E-state index in [0.717, 1.165) is 5.69 Å². The maximum absolute atomic E-state index is 12.6. The molecule has 3 aromatic heterocycles. The van der Waals surface area contributed by atoms with Gasteiger partial charge in [-0.05, 0) is 42.5 Å². The van der Waals surface area contributed by atoms with E-state index < -0.39 is 21.7 Å². The Bertz CT molecular complexity index is 1850. The first kappa shape index (κ1) is 28.1. The van der Waals surface area contributed by atoms with Crippen molar-refractivity contribution in [3.8, 4) is 28.6 Å². The monoisotopic (exact) mass is 576 g/mol. The average Bonchev–Trinajstić information content (AvgIpc) is 3.56. The molecule has 0 radical (unpaired) electrons. The fraction of sp³-hybridized carbons (Fsp3) is 0.0690. The molecule has 5 aromatic rings. The maximum atomic E-state index is 12.6. The van der Waals surface area contributed by atoms with Gasteiger partial charge >= 0.3 is 5.97 Å². The number of rotatable bonds is 10. The number of aromatic nitrogens is 4. The minimum Gasteiger partial charge on any atom is -0.478 e. The van der Waals surface area contributed by atoms with Crippen LogP contribution in [0.5, 0.6) is 0 Å². The number of non-ortho nitro benzene ring substituents is 1. The van der Waals surface area contributed by atoms with Crippen LogP contribution in [0.3, 0.4) is 0 Å². The van der Waals surface area contributed by atoms with Gasteiger partial charge < -0.3 is 15.4 Å². The van der Waals surface area contributed by atoms with Crippen molar-refractivity contribution >= 4 is 23.3 Å². The molecule has 3 heterocycles. The second-order valence-electron chi connectivity index (χ2n) is 9.18. The zero-order valence-corrected chi connectivity index (χ0v) is 22.0. The third-order valence-electron chi connectivity index (χ3n) is 6.56. The van der Waals surface area contributed by atoms with Gasteiger partial charge in [0.15, 0.2) is 0 Å². The summed E-state index contributed by atoms with van der Waals surface area (Å²) in [6.07, 6.45) is 2.89. The molecule has 0 aliphatic heterocycles. The minimum absolute atomic E-state index is 0.0177. The first-order chi connectivity index (χ1) is 20.7. The van der Waals surface area contributed by atoms with Crippen LogP contribution in [0.25, 0.3) is 22.5 Å². The normalized spacial score (nSPS) is 11.3. The lowest BCUT2D eigenvalue weighted by molar-refractivity contribution is -0.385. The Morgan fingerprint density at radius 3 is 2.02 bits per heavy atom. The quantitative estimate of drug-likeness (QED) is 0.146. The number of H-pyrrole nitrogens is 1. The van der Waals surface area contributed by atoms with Gasteiger partial charge in [-0.15, -0.1) is 0 Å². The summed E-state index contributed by atoms with van der Waals surface area (Å²) in [5.41, 5.74) is 1.86. The zero-order valence-electron chi connectivity index (χ0n) is 22.0. The predicted molar refractivity (Wildman–Crippen MR) is 153 cm³/mol. The summed E-state index contributed by atoms with van der Waals surface area (Å²) in [5, 5.41) is 44.9. The van der Waals surface area contributed by atoms with Crippen molar-refractivity contribution in [2.75, 3.05) is 11.9 Å². The minimum atomic E-state index is -1.32. The Morgan fingerprint density at radius 1 is 0.930 bits per heavy atom. The number of aromatic amines is 1. The first-order valence-corrected chi connectivity index (χ1v) is 12.6. The molecule has 0 saturated heterocycles. The van der Waals surface area contributed by atoms with Gasteiger partial charge in [0.05, 0.1) is 44.5 Å². The van der Waals surface area contributed by atoms with Crippen molar-refractivity contribution in [1.29, 1.82) is 5.26 Å². The second kappa shape index (κ2) is 11.9. The first-order valence-electron chi connectivity index (χ1n) is 12.6. The number of nitrogens with zero attached hydrogens (tertiary/aromatic N) is 6. The number of aromatic carboxylic acids is 1. The van der Waals surface area contributed by atoms with E-state index in [1.165, 1.54) is 48.7 Å². The number of nitro groups is 2. The predicted octanol–water partition coefficient (Wildman–Crippen LogP) is 5.16. The standard InChI is InChI=1S/C29H20N8O6/c30-14-17-3-5-18(6-4-17)26-25(28(38)39)27(19-7-9-20(10-8-19)36(40)41)35-29(34-26)33-16-22(23-2-1-13-31-23)24-12-11-21(15-32-24)37(42)43/h1-13,15,22,31H,16H2,(H,38,39)(H,33,34,35). The number of nitro benzene ring substituents is 1. The fourth-order valence-electron chi connectivity index (χ4n) is 4.44. The Balaban J connectivity index is 1.60. The highest BCUT2D eigenvalue weighted by Gasteiger charge is 2.25. The number of anilines is 1. The van der Waals surface area contributed by atoms with Crippen LogP contribution >= 0.6 is 0 Å². The Morgan fingerprint density at radius 2 is 1.53 bits per heavy atom. The van der Waals surface area contributed by atoms with E-state index >= 15 is 0 Å². The molecule has 2 aromatic carbocycles. The van der Waals surface area contributed by atoms with Gasteiger partial charge in [0.1, 0.15) is 11.8 Å². The summed E-state index contributed by atoms with van der Waals surface area (Å²) in [4.78, 5) is 50.2. The zero-order chi connectivity index (χ0) is 30.5. The highest BCUT2D eigenvalue weighted by molar-refractivity contribution is 6.01. The largest absolute Gasteiger partial charge is 0.478 e. The maximum Gasteiger partial charge on any atom is 0.340 e. The molecule has 212 valence electrons. The summed E-state index contributed by atoms with van der Waals surface area (Å²) in [6, 6.07) is 20.0. The Hall–Kier alpha value is -6.49. The topological polar surface area (TPSA) is 214 Å². The molecule has 43 heavy (non-hydrogen) atoms. The van der Waals surface area contributed by atoms with Crippen LogP contribution in [0.15, 0.2) is 85.2 Å². The summed E-state index contributed by atoms with van der Waals surface area (Å²) >= 11 is 0. The number of pyridine rings is 1. The highest BCUT2D eigenvalue weighted by Crippen LogP contribution is 2.33. The summed E-state index contributed by atoms with van der Waals surface area (Å²) < 4.78 is 0. The Kier molecular flexibility index (Phi) is 7.79. The van der Waals surface area contributed by atoms with Gasteiger partial charge in [-0.25, -0.2) is 14.8 Å². The highest BCUT2D eigenvalue weighted by atomic mass is 16.6. The molecule has 0 saturated carbocycles. The van der Waals surface area contributed by atoms with Crippen molar-refractivity contribution in [3.05, 3.63) is 128 Å². The van der Waals surface area contributed by atoms with Crippen molar-refractivity contribution < 1.29 is 19.7 Å². The number of benzene rings is 2. The number of hydrogen-bond donors (Lipinski definition) is 3.